The van der Waals surface area contributed by atoms with E-state index in [0.29, 0.717) is 19.7 Å². The highest BCUT2D eigenvalue weighted by atomic mass is 32.1. The summed E-state index contributed by atoms with van der Waals surface area (Å²) in [7, 11) is 1.76. The van der Waals surface area contributed by atoms with Crippen molar-refractivity contribution in [2.24, 2.45) is 4.99 Å². The molecule has 0 aliphatic rings. The van der Waals surface area contributed by atoms with Crippen LogP contribution in [0.5, 0.6) is 5.75 Å². The number of ether oxygens (including phenoxy) is 1. The number of para-hydroxylation sites is 1. The molecule has 0 atom stereocenters. The molecule has 23 heavy (non-hydrogen) atoms. The first-order valence-electron chi connectivity index (χ1n) is 7.79. The fourth-order valence-corrected chi connectivity index (χ4v) is 2.82. The number of hydrogen-bond acceptors (Lipinski definition) is 4. The summed E-state index contributed by atoms with van der Waals surface area (Å²) in [5, 5.41) is 7.58. The molecule has 2 rings (SSSR count). The van der Waals surface area contributed by atoms with Crippen LogP contribution < -0.4 is 15.4 Å². The molecule has 0 amide bonds. The molecule has 0 aliphatic carbocycles. The molecule has 5 nitrogen and oxygen atoms in total. The molecule has 0 fully saturated rings. The molecule has 1 aromatic heterocycles. The monoisotopic (exact) mass is 332 g/mol. The first-order chi connectivity index (χ1) is 11.2. The van der Waals surface area contributed by atoms with Crippen molar-refractivity contribution < 1.29 is 4.74 Å². The van der Waals surface area contributed by atoms with Crippen LogP contribution >= 0.6 is 11.3 Å². The molecule has 0 saturated carbocycles. The summed E-state index contributed by atoms with van der Waals surface area (Å²) in [6, 6.07) is 8.02. The molecular formula is C17H24N4OS. The molecule has 0 spiro atoms. The number of guanidine groups is 1. The van der Waals surface area contributed by atoms with Crippen molar-refractivity contribution in [1.29, 1.82) is 0 Å². The first kappa shape index (κ1) is 17.3. The van der Waals surface area contributed by atoms with Gasteiger partial charge in [0.25, 0.3) is 0 Å². The normalized spacial score (nSPS) is 11.3. The van der Waals surface area contributed by atoms with Gasteiger partial charge in [-0.1, -0.05) is 25.1 Å². The van der Waals surface area contributed by atoms with Crippen molar-refractivity contribution in [1.82, 2.24) is 15.6 Å². The van der Waals surface area contributed by atoms with Gasteiger partial charge in [-0.25, -0.2) is 4.98 Å². The van der Waals surface area contributed by atoms with Crippen LogP contribution in [0.2, 0.25) is 0 Å². The summed E-state index contributed by atoms with van der Waals surface area (Å²) in [6.07, 6.45) is 2.97. The Balaban J connectivity index is 1.70. The molecule has 1 heterocycles. The lowest BCUT2D eigenvalue weighted by molar-refractivity contribution is 0.320. The van der Waals surface area contributed by atoms with E-state index in [2.05, 4.69) is 27.5 Å². The third kappa shape index (κ3) is 5.56. The number of benzene rings is 1. The van der Waals surface area contributed by atoms with E-state index in [4.69, 9.17) is 4.74 Å². The van der Waals surface area contributed by atoms with Gasteiger partial charge in [0.15, 0.2) is 5.96 Å². The van der Waals surface area contributed by atoms with Crippen LogP contribution in [0.3, 0.4) is 0 Å². The molecular weight excluding hydrogens is 308 g/mol. The number of rotatable bonds is 7. The Morgan fingerprint density at radius 2 is 2.13 bits per heavy atom. The smallest absolute Gasteiger partial charge is 0.191 e. The molecule has 0 bridgehead atoms. The lowest BCUT2D eigenvalue weighted by Crippen LogP contribution is -2.38. The number of aliphatic imine (C=N–C) groups is 1. The average Bonchev–Trinajstić information content (AvgIpc) is 3.04. The minimum atomic E-state index is 0.586. The zero-order chi connectivity index (χ0) is 16.5. The Morgan fingerprint density at radius 1 is 1.30 bits per heavy atom. The van der Waals surface area contributed by atoms with E-state index in [0.717, 1.165) is 28.7 Å². The number of thiazole rings is 1. The lowest BCUT2D eigenvalue weighted by atomic mass is 10.2. The van der Waals surface area contributed by atoms with Gasteiger partial charge in [0.05, 0.1) is 13.1 Å². The lowest BCUT2D eigenvalue weighted by Gasteiger charge is -2.12. The highest BCUT2D eigenvalue weighted by Crippen LogP contribution is 2.15. The van der Waals surface area contributed by atoms with Crippen LogP contribution in [-0.2, 0) is 13.0 Å². The summed E-state index contributed by atoms with van der Waals surface area (Å²) >= 11 is 1.73. The predicted octanol–water partition coefficient (Wildman–Crippen LogP) is 2.76. The summed E-state index contributed by atoms with van der Waals surface area (Å²) in [5.74, 6) is 1.68. The first-order valence-corrected chi connectivity index (χ1v) is 8.61. The Bertz CT molecular complexity index is 639. The van der Waals surface area contributed by atoms with Crippen LogP contribution in [0.1, 0.15) is 22.4 Å². The zero-order valence-corrected chi connectivity index (χ0v) is 14.7. The third-order valence-corrected chi connectivity index (χ3v) is 4.47. The SMILES string of the molecule is CCc1cnc(CNC(=NC)NCCOc2ccccc2C)s1. The second-order valence-electron chi connectivity index (χ2n) is 5.04. The number of aromatic nitrogens is 1. The largest absolute Gasteiger partial charge is 0.491 e. The van der Waals surface area contributed by atoms with Gasteiger partial charge in [0.2, 0.25) is 0 Å². The van der Waals surface area contributed by atoms with Gasteiger partial charge in [-0.05, 0) is 25.0 Å². The topological polar surface area (TPSA) is 58.5 Å². The van der Waals surface area contributed by atoms with E-state index in [9.17, 15) is 0 Å². The predicted molar refractivity (Wildman–Crippen MR) is 96.4 cm³/mol. The van der Waals surface area contributed by atoms with E-state index in [1.807, 2.05) is 37.4 Å². The average molecular weight is 332 g/mol. The van der Waals surface area contributed by atoms with Crippen molar-refractivity contribution in [3.8, 4) is 5.75 Å². The molecule has 2 N–H and O–H groups in total. The van der Waals surface area contributed by atoms with Crippen molar-refractivity contribution >= 4 is 17.3 Å². The Hall–Kier alpha value is -2.08. The van der Waals surface area contributed by atoms with Crippen LogP contribution in [0, 0.1) is 6.92 Å². The van der Waals surface area contributed by atoms with Crippen LogP contribution in [0.25, 0.3) is 0 Å². The summed E-state index contributed by atoms with van der Waals surface area (Å²) in [5.41, 5.74) is 1.14. The van der Waals surface area contributed by atoms with Crippen LogP contribution in [0.15, 0.2) is 35.5 Å². The number of hydrogen-bond donors (Lipinski definition) is 2. The van der Waals surface area contributed by atoms with Gasteiger partial charge in [-0.3, -0.25) is 4.99 Å². The van der Waals surface area contributed by atoms with E-state index in [1.165, 1.54) is 4.88 Å². The summed E-state index contributed by atoms with van der Waals surface area (Å²) in [4.78, 5) is 9.90. The Kier molecular flexibility index (Phi) is 6.87. The van der Waals surface area contributed by atoms with E-state index >= 15 is 0 Å². The molecule has 0 radical (unpaired) electrons. The van der Waals surface area contributed by atoms with Gasteiger partial charge in [-0.15, -0.1) is 11.3 Å². The standard InChI is InChI=1S/C17H24N4OS/c1-4-14-11-20-16(23-14)12-21-17(18-3)19-9-10-22-15-8-6-5-7-13(15)2/h5-8,11H,4,9-10,12H2,1-3H3,(H2,18,19,21). The fourth-order valence-electron chi connectivity index (χ4n) is 2.02. The third-order valence-electron chi connectivity index (χ3n) is 3.33. The molecule has 0 aliphatic heterocycles. The molecule has 6 heteroatoms. The number of nitrogens with zero attached hydrogens (tertiary/aromatic N) is 2. The highest BCUT2D eigenvalue weighted by molar-refractivity contribution is 7.11. The van der Waals surface area contributed by atoms with Crippen LogP contribution in [0.4, 0.5) is 0 Å². The van der Waals surface area contributed by atoms with E-state index in [1.54, 1.807) is 18.4 Å². The molecule has 0 saturated heterocycles. The van der Waals surface area contributed by atoms with Gasteiger partial charge in [0, 0.05) is 18.1 Å². The maximum Gasteiger partial charge on any atom is 0.191 e. The highest BCUT2D eigenvalue weighted by Gasteiger charge is 2.03. The zero-order valence-electron chi connectivity index (χ0n) is 13.9. The van der Waals surface area contributed by atoms with Crippen molar-refractivity contribution in [3.05, 3.63) is 45.9 Å². The van der Waals surface area contributed by atoms with Crippen molar-refractivity contribution in [2.45, 2.75) is 26.8 Å². The molecule has 0 unspecified atom stereocenters. The molecule has 1 aromatic carbocycles. The van der Waals surface area contributed by atoms with Gasteiger partial charge >= 0.3 is 0 Å². The Labute approximate surface area is 141 Å². The Morgan fingerprint density at radius 3 is 2.83 bits per heavy atom. The fraction of sp³-hybridized carbons (Fsp3) is 0.412. The quantitative estimate of drug-likeness (QED) is 0.465. The van der Waals surface area contributed by atoms with Gasteiger partial charge in [0.1, 0.15) is 17.4 Å². The van der Waals surface area contributed by atoms with Crippen molar-refractivity contribution in [2.75, 3.05) is 20.2 Å². The maximum absolute atomic E-state index is 5.76. The minimum absolute atomic E-state index is 0.586. The number of nitrogens with one attached hydrogen (secondary N) is 2. The van der Waals surface area contributed by atoms with Crippen molar-refractivity contribution in [3.63, 3.8) is 0 Å². The van der Waals surface area contributed by atoms with Crippen LogP contribution in [-0.4, -0.2) is 31.1 Å². The van der Waals surface area contributed by atoms with E-state index < -0.39 is 0 Å². The minimum Gasteiger partial charge on any atom is -0.491 e. The molecule has 2 aromatic rings. The van der Waals surface area contributed by atoms with E-state index in [-0.39, 0.29) is 0 Å². The summed E-state index contributed by atoms with van der Waals surface area (Å²) < 4.78 is 5.76. The maximum atomic E-state index is 5.76. The van der Waals surface area contributed by atoms with Gasteiger partial charge < -0.3 is 15.4 Å². The van der Waals surface area contributed by atoms with Gasteiger partial charge in [-0.2, -0.15) is 0 Å². The number of aryl methyl sites for hydroxylation is 2. The second-order valence-corrected chi connectivity index (χ2v) is 6.24. The molecule has 124 valence electrons. The second kappa shape index (κ2) is 9.15. The summed E-state index contributed by atoms with van der Waals surface area (Å²) in [6.45, 7) is 6.14.